The van der Waals surface area contributed by atoms with Crippen molar-refractivity contribution in [2.45, 2.75) is 37.1 Å². The highest BCUT2D eigenvalue weighted by atomic mass is 19.4. The first-order valence-electron chi connectivity index (χ1n) is 10.7. The lowest BCUT2D eigenvalue weighted by Crippen LogP contribution is -2.44. The summed E-state index contributed by atoms with van der Waals surface area (Å²) in [6, 6.07) is 12.8. The largest absolute Gasteiger partial charge is 0.487 e. The number of nitrogens with one attached hydrogen (secondary N) is 1. The number of alkyl halides is 3. The molecule has 178 valence electrons. The Bertz CT molecular complexity index is 1140. The molecule has 2 aliphatic heterocycles. The molecule has 0 radical (unpaired) electrons. The molecule has 2 saturated heterocycles. The second-order valence-electron chi connectivity index (χ2n) is 8.11. The van der Waals surface area contributed by atoms with E-state index in [-0.39, 0.29) is 30.9 Å². The number of amides is 1. The van der Waals surface area contributed by atoms with Gasteiger partial charge in [-0.2, -0.15) is 13.2 Å². The third-order valence-electron chi connectivity index (χ3n) is 5.85. The van der Waals surface area contributed by atoms with Gasteiger partial charge in [-0.3, -0.25) is 4.79 Å². The predicted octanol–water partition coefficient (Wildman–Crippen LogP) is 3.01. The van der Waals surface area contributed by atoms with E-state index >= 15 is 0 Å². The topological polar surface area (TPSA) is 87.5 Å². The molecule has 2 aromatic carbocycles. The third kappa shape index (κ3) is 4.62. The molecule has 2 fully saturated rings. The fourth-order valence-electron chi connectivity index (χ4n) is 4.11. The van der Waals surface area contributed by atoms with Crippen LogP contribution >= 0.6 is 0 Å². The van der Waals surface area contributed by atoms with Gasteiger partial charge in [-0.05, 0) is 36.4 Å². The van der Waals surface area contributed by atoms with Crippen LogP contribution in [0.25, 0.3) is 0 Å². The summed E-state index contributed by atoms with van der Waals surface area (Å²) < 4.78 is 57.4. The molecule has 1 N–H and O–H groups in total. The van der Waals surface area contributed by atoms with E-state index in [2.05, 4.69) is 15.6 Å². The maximum absolute atomic E-state index is 12.7. The number of ether oxygens (including phenoxy) is 3. The molecule has 0 spiro atoms. The van der Waals surface area contributed by atoms with E-state index in [0.29, 0.717) is 12.3 Å². The van der Waals surface area contributed by atoms with Gasteiger partial charge in [0.05, 0.1) is 31.0 Å². The lowest BCUT2D eigenvalue weighted by atomic mass is 10.1. The van der Waals surface area contributed by atoms with Crippen molar-refractivity contribution >= 4 is 5.91 Å². The molecular weight excluding hydrogens is 453 g/mol. The van der Waals surface area contributed by atoms with Crippen LogP contribution in [-0.4, -0.2) is 52.4 Å². The number of carbonyl (C=O) groups excluding carboxylic acids is 1. The number of carbonyl (C=O) groups is 1. The fourth-order valence-corrected chi connectivity index (χ4v) is 4.11. The monoisotopic (exact) mass is 474 g/mol. The normalized spacial score (nSPS) is 24.1. The van der Waals surface area contributed by atoms with Gasteiger partial charge in [-0.1, -0.05) is 23.4 Å². The van der Waals surface area contributed by atoms with Gasteiger partial charge in [-0.15, -0.1) is 5.10 Å². The van der Waals surface area contributed by atoms with Crippen LogP contribution in [0.4, 0.5) is 13.2 Å². The minimum absolute atomic E-state index is 0.130. The van der Waals surface area contributed by atoms with E-state index in [1.807, 2.05) is 30.3 Å². The van der Waals surface area contributed by atoms with Gasteiger partial charge < -0.3 is 19.5 Å². The number of hydrogen-bond acceptors (Lipinski definition) is 6. The van der Waals surface area contributed by atoms with Gasteiger partial charge in [0, 0.05) is 5.56 Å². The first-order chi connectivity index (χ1) is 16.4. The summed E-state index contributed by atoms with van der Waals surface area (Å²) in [5, 5.41) is 11.1. The molecule has 4 atom stereocenters. The highest BCUT2D eigenvalue weighted by Crippen LogP contribution is 2.34. The molecule has 1 aromatic heterocycles. The number of aromatic nitrogens is 3. The summed E-state index contributed by atoms with van der Waals surface area (Å²) in [6.07, 6.45) is -3.43. The van der Waals surface area contributed by atoms with E-state index in [0.717, 1.165) is 30.0 Å². The summed E-state index contributed by atoms with van der Waals surface area (Å²) in [5.74, 6) is 0.239. The highest BCUT2D eigenvalue weighted by molar-refractivity contribution is 5.94. The molecule has 34 heavy (non-hydrogen) atoms. The molecule has 8 nitrogen and oxygen atoms in total. The molecule has 3 heterocycles. The Kier molecular flexibility index (Phi) is 5.96. The Labute approximate surface area is 192 Å². The van der Waals surface area contributed by atoms with Crippen LogP contribution in [0.1, 0.15) is 27.7 Å². The zero-order valence-electron chi connectivity index (χ0n) is 17.8. The van der Waals surface area contributed by atoms with Gasteiger partial charge in [0.1, 0.15) is 36.3 Å². The Morgan fingerprint density at radius 3 is 2.53 bits per heavy atom. The van der Waals surface area contributed by atoms with Crippen LogP contribution in [0.15, 0.2) is 60.8 Å². The summed E-state index contributed by atoms with van der Waals surface area (Å²) in [5.41, 5.74) is -0.0283. The Hall–Kier alpha value is -3.44. The van der Waals surface area contributed by atoms with Crippen molar-refractivity contribution in [3.05, 3.63) is 77.6 Å². The number of fused-ring (bicyclic) bond motifs is 1. The Morgan fingerprint density at radius 1 is 1.06 bits per heavy atom. The zero-order chi connectivity index (χ0) is 23.7. The summed E-state index contributed by atoms with van der Waals surface area (Å²) >= 11 is 0. The SMILES string of the molecule is O=C(N[C@H]1CO[C@H]2[C@H]1OC[C@H]2n1cc(COc2ccccc2)nn1)c1ccc(C(F)(F)F)cc1. The molecule has 2 aliphatic rings. The minimum atomic E-state index is -4.46. The van der Waals surface area contributed by atoms with Crippen molar-refractivity contribution in [2.75, 3.05) is 13.2 Å². The van der Waals surface area contributed by atoms with Gasteiger partial charge in [-0.25, -0.2) is 4.68 Å². The maximum Gasteiger partial charge on any atom is 0.416 e. The maximum atomic E-state index is 12.7. The predicted molar refractivity (Wildman–Crippen MR) is 112 cm³/mol. The first kappa shape index (κ1) is 22.4. The van der Waals surface area contributed by atoms with Crippen molar-refractivity contribution < 1.29 is 32.2 Å². The highest BCUT2D eigenvalue weighted by Gasteiger charge is 2.49. The van der Waals surface area contributed by atoms with E-state index in [9.17, 15) is 18.0 Å². The van der Waals surface area contributed by atoms with Crippen LogP contribution in [0.2, 0.25) is 0 Å². The number of halogens is 3. The molecule has 0 bridgehead atoms. The van der Waals surface area contributed by atoms with Crippen molar-refractivity contribution in [1.29, 1.82) is 0 Å². The number of benzene rings is 2. The zero-order valence-corrected chi connectivity index (χ0v) is 17.8. The number of nitrogens with zero attached hydrogens (tertiary/aromatic N) is 3. The number of para-hydroxylation sites is 1. The van der Waals surface area contributed by atoms with E-state index in [1.165, 1.54) is 0 Å². The van der Waals surface area contributed by atoms with Crippen molar-refractivity contribution in [2.24, 2.45) is 0 Å². The van der Waals surface area contributed by atoms with Crippen LogP contribution in [-0.2, 0) is 22.3 Å². The smallest absolute Gasteiger partial charge is 0.416 e. The minimum Gasteiger partial charge on any atom is -0.487 e. The number of hydrogen-bond donors (Lipinski definition) is 1. The molecule has 11 heteroatoms. The van der Waals surface area contributed by atoms with Crippen LogP contribution in [0, 0.1) is 0 Å². The molecule has 0 unspecified atom stereocenters. The fraction of sp³-hybridized carbons (Fsp3) is 0.348. The summed E-state index contributed by atoms with van der Waals surface area (Å²) in [6.45, 7) is 0.805. The van der Waals surface area contributed by atoms with Crippen LogP contribution < -0.4 is 10.1 Å². The molecule has 0 saturated carbocycles. The summed E-state index contributed by atoms with van der Waals surface area (Å²) in [7, 11) is 0. The molecular formula is C23H21F3N4O4. The van der Waals surface area contributed by atoms with Crippen molar-refractivity contribution in [1.82, 2.24) is 20.3 Å². The van der Waals surface area contributed by atoms with Crippen molar-refractivity contribution in [3.63, 3.8) is 0 Å². The van der Waals surface area contributed by atoms with Gasteiger partial charge in [0.2, 0.25) is 0 Å². The first-order valence-corrected chi connectivity index (χ1v) is 10.7. The van der Waals surface area contributed by atoms with E-state index in [4.69, 9.17) is 14.2 Å². The van der Waals surface area contributed by atoms with E-state index < -0.39 is 29.8 Å². The molecule has 3 aromatic rings. The van der Waals surface area contributed by atoms with Crippen molar-refractivity contribution in [3.8, 4) is 5.75 Å². The van der Waals surface area contributed by atoms with Gasteiger partial charge in [0.25, 0.3) is 5.91 Å². The third-order valence-corrected chi connectivity index (χ3v) is 5.85. The van der Waals surface area contributed by atoms with E-state index in [1.54, 1.807) is 10.9 Å². The molecule has 1 amide bonds. The average molecular weight is 474 g/mol. The lowest BCUT2D eigenvalue weighted by molar-refractivity contribution is -0.137. The standard InChI is InChI=1S/C23H21F3N4O4/c24-23(25,26)15-8-6-14(7-9-15)22(31)27-18-12-33-21-19(13-34-20(18)21)30-10-16(28-29-30)11-32-17-4-2-1-3-5-17/h1-10,18-21H,11-13H2,(H,27,31)/t18-,19+,20-,21+/m0/s1. The van der Waals surface area contributed by atoms with Crippen LogP contribution in [0.5, 0.6) is 5.75 Å². The lowest BCUT2D eigenvalue weighted by Gasteiger charge is -2.18. The second kappa shape index (κ2) is 9.07. The molecule has 0 aliphatic carbocycles. The Balaban J connectivity index is 1.18. The molecule has 5 rings (SSSR count). The summed E-state index contributed by atoms with van der Waals surface area (Å²) in [4.78, 5) is 12.5. The number of rotatable bonds is 6. The second-order valence-corrected chi connectivity index (χ2v) is 8.11. The Morgan fingerprint density at radius 2 is 1.79 bits per heavy atom. The average Bonchev–Trinajstić information content (AvgIpc) is 3.55. The van der Waals surface area contributed by atoms with Gasteiger partial charge in [0.15, 0.2) is 0 Å². The quantitative estimate of drug-likeness (QED) is 0.591. The van der Waals surface area contributed by atoms with Crippen LogP contribution in [0.3, 0.4) is 0 Å². The van der Waals surface area contributed by atoms with Gasteiger partial charge >= 0.3 is 6.18 Å².